The molecule has 1 aromatic carbocycles. The number of ether oxygens (including phenoxy) is 1. The van der Waals surface area contributed by atoms with Crippen molar-refractivity contribution in [3.05, 3.63) is 35.9 Å². The third kappa shape index (κ3) is 3.16. The van der Waals surface area contributed by atoms with E-state index in [0.717, 1.165) is 31.8 Å². The van der Waals surface area contributed by atoms with Crippen molar-refractivity contribution in [1.29, 1.82) is 0 Å². The van der Waals surface area contributed by atoms with Gasteiger partial charge in [0.15, 0.2) is 9.04 Å². The first-order valence-corrected chi connectivity index (χ1v) is 7.89. The predicted molar refractivity (Wildman–Crippen MR) is 63.7 cm³/mol. The van der Waals surface area contributed by atoms with E-state index in [-0.39, 0.29) is 0 Å². The molecule has 1 heterocycles. The minimum absolute atomic E-state index is 0.751. The van der Waals surface area contributed by atoms with Crippen LogP contribution in [0.2, 0.25) is 12.1 Å². The van der Waals surface area contributed by atoms with E-state index < -0.39 is 9.04 Å². The lowest BCUT2D eigenvalue weighted by Crippen LogP contribution is -2.36. The van der Waals surface area contributed by atoms with Gasteiger partial charge in [-0.2, -0.15) is 0 Å². The molecule has 1 unspecified atom stereocenters. The minimum atomic E-state index is -0.976. The summed E-state index contributed by atoms with van der Waals surface area (Å²) in [6.07, 6.45) is 1.03. The summed E-state index contributed by atoms with van der Waals surface area (Å²) < 4.78 is 11.1. The zero-order chi connectivity index (χ0) is 10.5. The molecule has 0 saturated carbocycles. The van der Waals surface area contributed by atoms with Crippen LogP contribution in [0.1, 0.15) is 5.56 Å². The highest BCUT2D eigenvalue weighted by Crippen LogP contribution is 2.21. The average Bonchev–Trinajstić information content (AvgIpc) is 2.16. The zero-order valence-corrected chi connectivity index (χ0v) is 10.3. The van der Waals surface area contributed by atoms with Crippen molar-refractivity contribution in [2.45, 2.75) is 18.5 Å². The minimum Gasteiger partial charge on any atom is -0.420 e. The van der Waals surface area contributed by atoms with Crippen LogP contribution in [0.3, 0.4) is 0 Å². The van der Waals surface area contributed by atoms with Gasteiger partial charge >= 0.3 is 0 Å². The fourth-order valence-electron chi connectivity index (χ4n) is 1.67. The van der Waals surface area contributed by atoms with Crippen LogP contribution < -0.4 is 0 Å². The third-order valence-corrected chi connectivity index (χ3v) is 5.42. The van der Waals surface area contributed by atoms with Crippen LogP contribution in [-0.2, 0) is 15.6 Å². The van der Waals surface area contributed by atoms with Gasteiger partial charge in [-0.25, -0.2) is 0 Å². The Labute approximate surface area is 92.9 Å². The Hall–Kier alpha value is -0.643. The summed E-state index contributed by atoms with van der Waals surface area (Å²) in [5, 5.41) is 0. The van der Waals surface area contributed by atoms with Crippen molar-refractivity contribution in [2.75, 3.05) is 19.8 Å². The quantitative estimate of drug-likeness (QED) is 0.709. The second-order valence-electron chi connectivity index (χ2n) is 4.11. The lowest BCUT2D eigenvalue weighted by atomic mass is 10.2. The molecule has 2 rings (SSSR count). The Balaban J connectivity index is 1.66. The van der Waals surface area contributed by atoms with E-state index >= 15 is 0 Å². The second-order valence-corrected chi connectivity index (χ2v) is 6.80. The molecule has 0 aliphatic carbocycles. The summed E-state index contributed by atoms with van der Waals surface area (Å²) in [6, 6.07) is 10.5. The van der Waals surface area contributed by atoms with Crippen molar-refractivity contribution in [3.63, 3.8) is 0 Å². The average molecular weight is 222 g/mol. The molecule has 1 aliphatic heterocycles. The summed E-state index contributed by atoms with van der Waals surface area (Å²) in [5.41, 5.74) is 2.12. The van der Waals surface area contributed by atoms with Crippen LogP contribution >= 0.6 is 0 Å². The van der Waals surface area contributed by atoms with Gasteiger partial charge in [0, 0.05) is 12.1 Å². The molecule has 1 aromatic rings. The van der Waals surface area contributed by atoms with Gasteiger partial charge in [0.2, 0.25) is 0 Å². The van der Waals surface area contributed by atoms with Crippen LogP contribution in [0, 0.1) is 0 Å². The molecule has 0 amide bonds. The van der Waals surface area contributed by atoms with Crippen molar-refractivity contribution in [2.24, 2.45) is 0 Å². The van der Waals surface area contributed by atoms with Crippen molar-refractivity contribution in [1.82, 2.24) is 0 Å². The first kappa shape index (κ1) is 10.9. The maximum atomic E-state index is 5.91. The summed E-state index contributed by atoms with van der Waals surface area (Å²) in [4.78, 5) is 0. The van der Waals surface area contributed by atoms with Gasteiger partial charge in [-0.3, -0.25) is 0 Å². The fourth-order valence-corrected chi connectivity index (χ4v) is 3.24. The SMILES string of the molecule is C[SiH](OCCc1ccccc1)C1COC1. The van der Waals surface area contributed by atoms with E-state index in [1.807, 2.05) is 6.07 Å². The van der Waals surface area contributed by atoms with Gasteiger partial charge in [-0.05, 0) is 18.5 Å². The molecule has 0 spiro atoms. The van der Waals surface area contributed by atoms with Gasteiger partial charge < -0.3 is 9.16 Å². The van der Waals surface area contributed by atoms with Crippen LogP contribution in [0.5, 0.6) is 0 Å². The van der Waals surface area contributed by atoms with Crippen LogP contribution in [-0.4, -0.2) is 28.9 Å². The first-order chi connectivity index (χ1) is 7.36. The lowest BCUT2D eigenvalue weighted by Gasteiger charge is -2.30. The maximum Gasteiger partial charge on any atom is 0.181 e. The molecule has 3 heteroatoms. The highest BCUT2D eigenvalue weighted by Gasteiger charge is 2.27. The summed E-state index contributed by atoms with van der Waals surface area (Å²) in [7, 11) is -0.976. The number of hydrogen-bond donors (Lipinski definition) is 0. The second kappa shape index (κ2) is 5.44. The van der Waals surface area contributed by atoms with Crippen LogP contribution in [0.15, 0.2) is 30.3 Å². The third-order valence-electron chi connectivity index (χ3n) is 2.94. The molecular weight excluding hydrogens is 204 g/mol. The van der Waals surface area contributed by atoms with Gasteiger partial charge in [0.25, 0.3) is 0 Å². The molecular formula is C12H18O2Si. The summed E-state index contributed by atoms with van der Waals surface area (Å²) in [6.45, 7) is 5.00. The van der Waals surface area contributed by atoms with E-state index in [1.165, 1.54) is 5.56 Å². The molecule has 0 bridgehead atoms. The molecule has 1 atom stereocenters. The Kier molecular flexibility index (Phi) is 3.94. The smallest absolute Gasteiger partial charge is 0.181 e. The molecule has 0 N–H and O–H groups in total. The van der Waals surface area contributed by atoms with Gasteiger partial charge in [0.05, 0.1) is 13.2 Å². The van der Waals surface area contributed by atoms with Crippen LogP contribution in [0.4, 0.5) is 0 Å². The Morgan fingerprint density at radius 3 is 2.67 bits per heavy atom. The number of benzene rings is 1. The summed E-state index contributed by atoms with van der Waals surface area (Å²) >= 11 is 0. The zero-order valence-electron chi connectivity index (χ0n) is 9.19. The monoisotopic (exact) mass is 222 g/mol. The van der Waals surface area contributed by atoms with Gasteiger partial charge in [0.1, 0.15) is 0 Å². The van der Waals surface area contributed by atoms with Gasteiger partial charge in [-0.15, -0.1) is 0 Å². The molecule has 82 valence electrons. The fraction of sp³-hybridized carbons (Fsp3) is 0.500. The van der Waals surface area contributed by atoms with E-state index in [1.54, 1.807) is 0 Å². The molecule has 0 aromatic heterocycles. The molecule has 1 saturated heterocycles. The first-order valence-electron chi connectivity index (χ1n) is 5.59. The highest BCUT2D eigenvalue weighted by molar-refractivity contribution is 6.52. The summed E-state index contributed by atoms with van der Waals surface area (Å²) in [5.74, 6) is 0. The van der Waals surface area contributed by atoms with Gasteiger partial charge in [-0.1, -0.05) is 30.3 Å². The largest absolute Gasteiger partial charge is 0.420 e. The number of rotatable bonds is 5. The van der Waals surface area contributed by atoms with Crippen molar-refractivity contribution < 1.29 is 9.16 Å². The molecule has 2 nitrogen and oxygen atoms in total. The normalized spacial score (nSPS) is 18.5. The molecule has 0 radical (unpaired) electrons. The topological polar surface area (TPSA) is 18.5 Å². The van der Waals surface area contributed by atoms with E-state index in [9.17, 15) is 0 Å². The van der Waals surface area contributed by atoms with E-state index in [4.69, 9.17) is 9.16 Å². The number of hydrogen-bond acceptors (Lipinski definition) is 2. The Bertz CT molecular complexity index is 285. The Morgan fingerprint density at radius 2 is 2.07 bits per heavy atom. The van der Waals surface area contributed by atoms with Crippen molar-refractivity contribution in [3.8, 4) is 0 Å². The van der Waals surface area contributed by atoms with Crippen molar-refractivity contribution >= 4 is 9.04 Å². The van der Waals surface area contributed by atoms with E-state index in [2.05, 4.69) is 30.8 Å². The molecule has 1 aliphatic rings. The maximum absolute atomic E-state index is 5.91. The molecule has 15 heavy (non-hydrogen) atoms. The van der Waals surface area contributed by atoms with Crippen LogP contribution in [0.25, 0.3) is 0 Å². The van der Waals surface area contributed by atoms with E-state index in [0.29, 0.717) is 0 Å². The molecule has 1 fully saturated rings. The Morgan fingerprint density at radius 1 is 1.33 bits per heavy atom. The standard InChI is InChI=1S/C12H18O2Si/c1-15(12-9-13-10-12)14-8-7-11-5-3-2-4-6-11/h2-6,12,15H,7-10H2,1H3. The predicted octanol–water partition coefficient (Wildman–Crippen LogP) is 2.00. The lowest BCUT2D eigenvalue weighted by molar-refractivity contribution is 0.0284. The highest BCUT2D eigenvalue weighted by atomic mass is 28.3.